The predicted molar refractivity (Wildman–Crippen MR) is 123 cm³/mol. The van der Waals surface area contributed by atoms with Gasteiger partial charge in [-0.15, -0.1) is 0 Å². The summed E-state index contributed by atoms with van der Waals surface area (Å²) < 4.78 is 17.5. The Balaban J connectivity index is 1.29. The number of benzene rings is 1. The van der Waals surface area contributed by atoms with E-state index in [-0.39, 0.29) is 0 Å². The molecule has 1 saturated carbocycles. The van der Waals surface area contributed by atoms with Crippen LogP contribution in [0.4, 0.5) is 5.82 Å². The van der Waals surface area contributed by atoms with Crippen molar-refractivity contribution in [3.05, 3.63) is 23.8 Å². The highest BCUT2D eigenvalue weighted by molar-refractivity contribution is 5.88. The first-order valence-electron chi connectivity index (χ1n) is 11.8. The van der Waals surface area contributed by atoms with Crippen molar-refractivity contribution in [1.82, 2.24) is 9.88 Å². The molecular weight excluding hydrogens is 390 g/mol. The fraction of sp³-hybridized carbons (Fsp3) is 0.640. The molecule has 5 rings (SSSR count). The molecule has 2 saturated heterocycles. The highest BCUT2D eigenvalue weighted by Gasteiger charge is 2.46. The van der Waals surface area contributed by atoms with Gasteiger partial charge in [0.05, 0.1) is 19.2 Å². The van der Waals surface area contributed by atoms with Crippen LogP contribution >= 0.6 is 0 Å². The molecule has 1 aliphatic carbocycles. The zero-order valence-electron chi connectivity index (χ0n) is 18.9. The van der Waals surface area contributed by atoms with Crippen molar-refractivity contribution in [3.63, 3.8) is 0 Å². The van der Waals surface area contributed by atoms with E-state index in [4.69, 9.17) is 19.2 Å². The number of anilines is 1. The maximum atomic E-state index is 6.17. The van der Waals surface area contributed by atoms with Crippen LogP contribution in [0.25, 0.3) is 10.9 Å². The summed E-state index contributed by atoms with van der Waals surface area (Å²) in [5.74, 6) is 2.95. The average Bonchev–Trinajstić information content (AvgIpc) is 2.75. The minimum atomic E-state index is 0.485. The van der Waals surface area contributed by atoms with E-state index in [1.165, 1.54) is 37.9 Å². The minimum Gasteiger partial charge on any atom is -0.493 e. The van der Waals surface area contributed by atoms with Crippen molar-refractivity contribution >= 4 is 16.7 Å². The molecule has 0 radical (unpaired) electrons. The van der Waals surface area contributed by atoms with E-state index in [2.05, 4.69) is 22.3 Å². The minimum absolute atomic E-state index is 0.485. The van der Waals surface area contributed by atoms with Crippen LogP contribution in [0.5, 0.6) is 11.5 Å². The van der Waals surface area contributed by atoms with Crippen molar-refractivity contribution < 1.29 is 14.2 Å². The summed E-state index contributed by atoms with van der Waals surface area (Å²) in [5.41, 5.74) is 2.98. The molecule has 3 aliphatic rings. The number of aromatic nitrogens is 1. The lowest BCUT2D eigenvalue weighted by Crippen LogP contribution is -2.59. The first-order valence-corrected chi connectivity index (χ1v) is 11.8. The Labute approximate surface area is 185 Å². The third-order valence-corrected chi connectivity index (χ3v) is 7.45. The molecule has 0 atom stereocenters. The van der Waals surface area contributed by atoms with Gasteiger partial charge in [-0.25, -0.2) is 4.98 Å². The largest absolute Gasteiger partial charge is 0.493 e. The number of nitrogens with zero attached hydrogens (tertiary/aromatic N) is 2. The van der Waals surface area contributed by atoms with Gasteiger partial charge in [-0.1, -0.05) is 6.42 Å². The van der Waals surface area contributed by atoms with E-state index in [0.717, 1.165) is 67.2 Å². The van der Waals surface area contributed by atoms with E-state index < -0.39 is 0 Å². The highest BCUT2D eigenvalue weighted by Crippen LogP contribution is 2.48. The number of hydrogen-bond donors (Lipinski definition) is 1. The van der Waals surface area contributed by atoms with Gasteiger partial charge < -0.3 is 24.4 Å². The SMILES string of the molecule is CNc1cc(C2CCOCC2)c2cc(OC)c(OCCCN3CC4(CCC4)C3)cc2n1. The third-order valence-electron chi connectivity index (χ3n) is 7.45. The number of fused-ring (bicyclic) bond motifs is 1. The summed E-state index contributed by atoms with van der Waals surface area (Å²) in [6, 6.07) is 6.34. The number of pyridine rings is 1. The van der Waals surface area contributed by atoms with E-state index in [1.807, 2.05) is 13.1 Å². The number of methoxy groups -OCH3 is 1. The van der Waals surface area contributed by atoms with E-state index in [1.54, 1.807) is 7.11 Å². The molecule has 0 amide bonds. The van der Waals surface area contributed by atoms with Crippen LogP contribution in [-0.2, 0) is 4.74 Å². The molecule has 6 nitrogen and oxygen atoms in total. The van der Waals surface area contributed by atoms with Gasteiger partial charge in [-0.3, -0.25) is 0 Å². The molecule has 168 valence electrons. The topological polar surface area (TPSA) is 55.9 Å². The molecule has 31 heavy (non-hydrogen) atoms. The summed E-state index contributed by atoms with van der Waals surface area (Å²) in [6.07, 6.45) is 7.42. The number of ether oxygens (including phenoxy) is 3. The Morgan fingerprint density at radius 1 is 1.16 bits per heavy atom. The molecule has 0 unspecified atom stereocenters. The standard InChI is InChI=1S/C25H35N3O3/c1-26-24-14-19(18-5-11-30-12-6-18)20-13-22(29-2)23(15-21(20)27-24)31-10-4-9-28-16-25(17-28)7-3-8-25/h13-15,18H,3-12,16-17H2,1-2H3,(H,26,27). The molecule has 1 N–H and O–H groups in total. The van der Waals surface area contributed by atoms with E-state index in [0.29, 0.717) is 17.9 Å². The Bertz CT molecular complexity index is 914. The first kappa shape index (κ1) is 20.8. The summed E-state index contributed by atoms with van der Waals surface area (Å²) in [6.45, 7) is 6.03. The number of nitrogens with one attached hydrogen (secondary N) is 1. The molecule has 3 fully saturated rings. The number of rotatable bonds is 8. The molecule has 0 bridgehead atoms. The van der Waals surface area contributed by atoms with Gasteiger partial charge in [0.15, 0.2) is 11.5 Å². The molecule has 2 aliphatic heterocycles. The lowest BCUT2D eigenvalue weighted by Gasteiger charge is -2.56. The van der Waals surface area contributed by atoms with Crippen molar-refractivity contribution in [2.24, 2.45) is 5.41 Å². The molecule has 2 aromatic rings. The molecule has 3 heterocycles. The fourth-order valence-electron chi connectivity index (χ4n) is 5.53. The maximum Gasteiger partial charge on any atom is 0.163 e. The van der Waals surface area contributed by atoms with E-state index in [9.17, 15) is 0 Å². The van der Waals surface area contributed by atoms with Crippen LogP contribution in [-0.4, -0.2) is 63.5 Å². The quantitative estimate of drug-likeness (QED) is 0.632. The average molecular weight is 426 g/mol. The molecule has 6 heteroatoms. The predicted octanol–water partition coefficient (Wildman–Crippen LogP) is 4.43. The molecular formula is C25H35N3O3. The van der Waals surface area contributed by atoms with Gasteiger partial charge in [0.1, 0.15) is 5.82 Å². The van der Waals surface area contributed by atoms with Crippen molar-refractivity contribution in [3.8, 4) is 11.5 Å². The van der Waals surface area contributed by atoms with Crippen molar-refractivity contribution in [1.29, 1.82) is 0 Å². The first-order chi connectivity index (χ1) is 15.2. The number of likely N-dealkylation sites (tertiary alicyclic amines) is 1. The van der Waals surface area contributed by atoms with Gasteiger partial charge in [0.25, 0.3) is 0 Å². The second-order valence-electron chi connectivity index (χ2n) is 9.52. The third kappa shape index (κ3) is 4.20. The summed E-state index contributed by atoms with van der Waals surface area (Å²) >= 11 is 0. The fourth-order valence-corrected chi connectivity index (χ4v) is 5.53. The van der Waals surface area contributed by atoms with Crippen LogP contribution in [0.15, 0.2) is 18.2 Å². The summed E-state index contributed by atoms with van der Waals surface area (Å²) in [4.78, 5) is 7.38. The smallest absolute Gasteiger partial charge is 0.163 e. The number of hydrogen-bond acceptors (Lipinski definition) is 6. The van der Waals surface area contributed by atoms with Crippen LogP contribution in [0.2, 0.25) is 0 Å². The van der Waals surface area contributed by atoms with Gasteiger partial charge in [0.2, 0.25) is 0 Å². The monoisotopic (exact) mass is 425 g/mol. The Morgan fingerprint density at radius 2 is 1.97 bits per heavy atom. The molecule has 1 aromatic carbocycles. The highest BCUT2D eigenvalue weighted by atomic mass is 16.5. The Hall–Kier alpha value is -2.05. The van der Waals surface area contributed by atoms with Crippen molar-refractivity contribution in [2.45, 2.75) is 44.4 Å². The van der Waals surface area contributed by atoms with Crippen LogP contribution in [0.1, 0.15) is 50.0 Å². The van der Waals surface area contributed by atoms with E-state index >= 15 is 0 Å². The van der Waals surface area contributed by atoms with Gasteiger partial charge in [-0.05, 0) is 61.1 Å². The zero-order chi connectivity index (χ0) is 21.3. The molecule has 1 aromatic heterocycles. The molecule has 1 spiro atoms. The second-order valence-corrected chi connectivity index (χ2v) is 9.52. The maximum absolute atomic E-state index is 6.17. The van der Waals surface area contributed by atoms with Crippen molar-refractivity contribution in [2.75, 3.05) is 58.9 Å². The van der Waals surface area contributed by atoms with Crippen LogP contribution in [0, 0.1) is 5.41 Å². The van der Waals surface area contributed by atoms with Gasteiger partial charge in [0, 0.05) is 51.3 Å². The Kier molecular flexibility index (Phi) is 5.93. The van der Waals surface area contributed by atoms with Crippen LogP contribution in [0.3, 0.4) is 0 Å². The normalized spacial score (nSPS) is 21.0. The summed E-state index contributed by atoms with van der Waals surface area (Å²) in [5, 5.41) is 4.37. The lowest BCUT2D eigenvalue weighted by molar-refractivity contribution is -0.0608. The summed E-state index contributed by atoms with van der Waals surface area (Å²) in [7, 11) is 3.64. The second kappa shape index (κ2) is 8.83. The zero-order valence-corrected chi connectivity index (χ0v) is 18.9. The van der Waals surface area contributed by atoms with Crippen LogP contribution < -0.4 is 14.8 Å². The Morgan fingerprint density at radius 3 is 2.65 bits per heavy atom. The van der Waals surface area contributed by atoms with Gasteiger partial charge in [-0.2, -0.15) is 0 Å². The van der Waals surface area contributed by atoms with Gasteiger partial charge >= 0.3 is 0 Å². The lowest BCUT2D eigenvalue weighted by atomic mass is 9.63.